The summed E-state index contributed by atoms with van der Waals surface area (Å²) in [7, 11) is 0. The third kappa shape index (κ3) is 4.23. The molecule has 1 aliphatic carbocycles. The molecule has 2 N–H and O–H groups in total. The lowest BCUT2D eigenvalue weighted by molar-refractivity contribution is -0.143. The summed E-state index contributed by atoms with van der Waals surface area (Å²) in [6.07, 6.45) is 3.49. The Morgan fingerprint density at radius 1 is 1.12 bits per heavy atom. The van der Waals surface area contributed by atoms with Gasteiger partial charge in [0.15, 0.2) is 0 Å². The summed E-state index contributed by atoms with van der Waals surface area (Å²) in [5, 5.41) is 12.1. The van der Waals surface area contributed by atoms with Gasteiger partial charge in [0.2, 0.25) is 11.8 Å². The molecule has 1 saturated carbocycles. The van der Waals surface area contributed by atoms with Gasteiger partial charge in [-0.3, -0.25) is 14.4 Å². The average Bonchev–Trinajstić information content (AvgIpc) is 2.98. The highest BCUT2D eigenvalue weighted by atomic mass is 16.4. The van der Waals surface area contributed by atoms with Gasteiger partial charge in [-0.05, 0) is 44.6 Å². The molecular weight excluding hydrogens is 332 g/mol. The Balaban J connectivity index is 1.58. The first-order valence-electron chi connectivity index (χ1n) is 9.32. The van der Waals surface area contributed by atoms with Gasteiger partial charge in [-0.1, -0.05) is 29.8 Å². The SMILES string of the molecule is Cc1ccc(CN2C(=O)CC[C@@H]2C(=O)NC2CCC(C(=O)O)CC2)cc1. The number of aliphatic carboxylic acids is 1. The molecule has 0 bridgehead atoms. The molecule has 26 heavy (non-hydrogen) atoms. The third-order valence-electron chi connectivity index (χ3n) is 5.53. The van der Waals surface area contributed by atoms with Gasteiger partial charge in [0.05, 0.1) is 5.92 Å². The van der Waals surface area contributed by atoms with E-state index in [4.69, 9.17) is 5.11 Å². The molecule has 6 nitrogen and oxygen atoms in total. The molecule has 0 radical (unpaired) electrons. The zero-order valence-corrected chi connectivity index (χ0v) is 15.1. The molecule has 3 rings (SSSR count). The van der Waals surface area contributed by atoms with Crippen molar-refractivity contribution in [2.24, 2.45) is 5.92 Å². The summed E-state index contributed by atoms with van der Waals surface area (Å²) in [6, 6.07) is 7.57. The van der Waals surface area contributed by atoms with Gasteiger partial charge in [-0.25, -0.2) is 0 Å². The van der Waals surface area contributed by atoms with Crippen LogP contribution in [0.5, 0.6) is 0 Å². The second-order valence-corrected chi connectivity index (χ2v) is 7.46. The van der Waals surface area contributed by atoms with E-state index in [1.165, 1.54) is 0 Å². The van der Waals surface area contributed by atoms with Crippen molar-refractivity contribution in [3.8, 4) is 0 Å². The number of carbonyl (C=O) groups is 3. The fourth-order valence-corrected chi connectivity index (χ4v) is 3.88. The van der Waals surface area contributed by atoms with Crippen LogP contribution >= 0.6 is 0 Å². The predicted molar refractivity (Wildman–Crippen MR) is 96.3 cm³/mol. The van der Waals surface area contributed by atoms with Crippen LogP contribution in [0.3, 0.4) is 0 Å². The van der Waals surface area contributed by atoms with Crippen molar-refractivity contribution in [3.05, 3.63) is 35.4 Å². The highest BCUT2D eigenvalue weighted by molar-refractivity contribution is 5.91. The van der Waals surface area contributed by atoms with Crippen LogP contribution in [0.15, 0.2) is 24.3 Å². The summed E-state index contributed by atoms with van der Waals surface area (Å²) < 4.78 is 0. The number of nitrogens with zero attached hydrogens (tertiary/aromatic N) is 1. The Morgan fingerprint density at radius 2 is 1.77 bits per heavy atom. The van der Waals surface area contributed by atoms with E-state index in [9.17, 15) is 14.4 Å². The molecule has 1 aromatic carbocycles. The maximum atomic E-state index is 12.7. The monoisotopic (exact) mass is 358 g/mol. The maximum Gasteiger partial charge on any atom is 0.306 e. The van der Waals surface area contributed by atoms with Crippen molar-refractivity contribution >= 4 is 17.8 Å². The van der Waals surface area contributed by atoms with Crippen LogP contribution in [0, 0.1) is 12.8 Å². The lowest BCUT2D eigenvalue weighted by Gasteiger charge is -2.30. The molecule has 2 amide bonds. The van der Waals surface area contributed by atoms with Gasteiger partial charge in [-0.2, -0.15) is 0 Å². The molecule has 1 aromatic rings. The Kier molecular flexibility index (Phi) is 5.59. The highest BCUT2D eigenvalue weighted by Gasteiger charge is 2.37. The number of likely N-dealkylation sites (tertiary alicyclic amines) is 1. The van der Waals surface area contributed by atoms with Crippen LogP contribution in [0.2, 0.25) is 0 Å². The van der Waals surface area contributed by atoms with E-state index in [2.05, 4.69) is 5.32 Å². The summed E-state index contributed by atoms with van der Waals surface area (Å²) in [5.74, 6) is -1.14. The van der Waals surface area contributed by atoms with Crippen LogP contribution in [0.25, 0.3) is 0 Å². The first-order valence-corrected chi connectivity index (χ1v) is 9.32. The number of hydrogen-bond acceptors (Lipinski definition) is 3. The van der Waals surface area contributed by atoms with E-state index in [0.29, 0.717) is 45.1 Å². The number of carboxylic acids is 1. The van der Waals surface area contributed by atoms with Gasteiger partial charge < -0.3 is 15.3 Å². The third-order valence-corrected chi connectivity index (χ3v) is 5.53. The number of rotatable bonds is 5. The second kappa shape index (κ2) is 7.89. The molecule has 0 spiro atoms. The number of amides is 2. The van der Waals surface area contributed by atoms with Gasteiger partial charge >= 0.3 is 5.97 Å². The van der Waals surface area contributed by atoms with E-state index in [1.807, 2.05) is 31.2 Å². The lowest BCUT2D eigenvalue weighted by Crippen LogP contribution is -2.48. The minimum absolute atomic E-state index is 0.00928. The molecule has 140 valence electrons. The number of aryl methyl sites for hydroxylation is 1. The smallest absolute Gasteiger partial charge is 0.306 e. The highest BCUT2D eigenvalue weighted by Crippen LogP contribution is 2.26. The number of carbonyl (C=O) groups excluding carboxylic acids is 2. The molecule has 1 heterocycles. The van der Waals surface area contributed by atoms with Crippen LogP contribution < -0.4 is 5.32 Å². The zero-order valence-electron chi connectivity index (χ0n) is 15.1. The van der Waals surface area contributed by atoms with E-state index in [0.717, 1.165) is 11.1 Å². The largest absolute Gasteiger partial charge is 0.481 e. The molecule has 1 saturated heterocycles. The van der Waals surface area contributed by atoms with Crippen molar-refractivity contribution in [2.45, 2.75) is 64.1 Å². The van der Waals surface area contributed by atoms with E-state index < -0.39 is 12.0 Å². The summed E-state index contributed by atoms with van der Waals surface area (Å²) in [4.78, 5) is 37.7. The molecule has 0 unspecified atom stereocenters. The van der Waals surface area contributed by atoms with Gasteiger partial charge in [0.1, 0.15) is 6.04 Å². The Labute approximate surface area is 153 Å². The number of hydrogen-bond donors (Lipinski definition) is 2. The molecule has 6 heteroatoms. The Bertz CT molecular complexity index is 678. The first-order chi connectivity index (χ1) is 12.4. The minimum Gasteiger partial charge on any atom is -0.481 e. The van der Waals surface area contributed by atoms with Gasteiger partial charge in [0.25, 0.3) is 0 Å². The molecule has 2 aliphatic rings. The fourth-order valence-electron chi connectivity index (χ4n) is 3.88. The minimum atomic E-state index is -0.750. The van der Waals surface area contributed by atoms with Crippen LogP contribution in [-0.2, 0) is 20.9 Å². The van der Waals surface area contributed by atoms with Crippen molar-refractivity contribution in [3.63, 3.8) is 0 Å². The van der Waals surface area contributed by atoms with Gasteiger partial charge in [-0.15, -0.1) is 0 Å². The summed E-state index contributed by atoms with van der Waals surface area (Å²) >= 11 is 0. The average molecular weight is 358 g/mol. The topological polar surface area (TPSA) is 86.7 Å². The van der Waals surface area contributed by atoms with Crippen LogP contribution in [0.1, 0.15) is 49.7 Å². The van der Waals surface area contributed by atoms with Gasteiger partial charge in [0, 0.05) is 19.0 Å². The van der Waals surface area contributed by atoms with Crippen LogP contribution in [-0.4, -0.2) is 39.9 Å². The normalized spacial score (nSPS) is 26.0. The molecule has 1 aliphatic heterocycles. The van der Waals surface area contributed by atoms with Crippen molar-refractivity contribution in [1.29, 1.82) is 0 Å². The van der Waals surface area contributed by atoms with Crippen molar-refractivity contribution in [2.75, 3.05) is 0 Å². The Hall–Kier alpha value is -2.37. The van der Waals surface area contributed by atoms with Crippen molar-refractivity contribution in [1.82, 2.24) is 10.2 Å². The molecular formula is C20H26N2O4. The van der Waals surface area contributed by atoms with E-state index in [-0.39, 0.29) is 23.8 Å². The number of nitrogens with one attached hydrogen (secondary N) is 1. The number of carboxylic acid groups (broad SMARTS) is 1. The molecule has 2 fully saturated rings. The zero-order chi connectivity index (χ0) is 18.7. The molecule has 1 atom stereocenters. The summed E-state index contributed by atoms with van der Waals surface area (Å²) in [6.45, 7) is 2.46. The number of benzene rings is 1. The first kappa shape index (κ1) is 18.4. The summed E-state index contributed by atoms with van der Waals surface area (Å²) in [5.41, 5.74) is 2.18. The molecule has 0 aromatic heterocycles. The second-order valence-electron chi connectivity index (χ2n) is 7.46. The van der Waals surface area contributed by atoms with E-state index in [1.54, 1.807) is 4.90 Å². The van der Waals surface area contributed by atoms with Crippen molar-refractivity contribution < 1.29 is 19.5 Å². The lowest BCUT2D eigenvalue weighted by atomic mass is 9.86. The Morgan fingerprint density at radius 3 is 2.38 bits per heavy atom. The van der Waals surface area contributed by atoms with E-state index >= 15 is 0 Å². The van der Waals surface area contributed by atoms with Crippen LogP contribution in [0.4, 0.5) is 0 Å². The maximum absolute atomic E-state index is 12.7. The fraction of sp³-hybridized carbons (Fsp3) is 0.550. The quantitative estimate of drug-likeness (QED) is 0.845. The standard InChI is InChI=1S/C20H26N2O4/c1-13-2-4-14(5-3-13)12-22-17(10-11-18(22)23)19(24)21-16-8-6-15(7-9-16)20(25)26/h2-5,15-17H,6-12H2,1H3,(H,21,24)(H,25,26)/t15?,16?,17-/m1/s1. The predicted octanol–water partition coefficient (Wildman–Crippen LogP) is 2.25.